The van der Waals surface area contributed by atoms with Gasteiger partial charge < -0.3 is 0 Å². The van der Waals surface area contributed by atoms with Crippen LogP contribution >= 0.6 is 0 Å². The third kappa shape index (κ3) is 0.289. The lowest BCUT2D eigenvalue weighted by Gasteiger charge is -2.29. The molecule has 0 unspecified atom stereocenters. The van der Waals surface area contributed by atoms with Gasteiger partial charge in [-0.1, -0.05) is 0 Å². The minimum atomic E-state index is 0.714. The molecule has 0 amide bonds. The van der Waals surface area contributed by atoms with Crippen LogP contribution in [0.5, 0.6) is 0 Å². The Morgan fingerprint density at radius 2 is 1.25 bits per heavy atom. The third-order valence-electron chi connectivity index (χ3n) is 5.61. The van der Waals surface area contributed by atoms with Crippen molar-refractivity contribution in [1.82, 2.24) is 0 Å². The summed E-state index contributed by atoms with van der Waals surface area (Å²) in [6.07, 6.45) is 3.07. The molecule has 5 aliphatic carbocycles. The summed E-state index contributed by atoms with van der Waals surface area (Å²) >= 11 is 0. The Bertz CT molecular complexity index is 283. The Morgan fingerprint density at radius 3 is 1.83 bits per heavy atom. The van der Waals surface area contributed by atoms with Gasteiger partial charge in [0.2, 0.25) is 0 Å². The lowest BCUT2D eigenvalue weighted by atomic mass is 9.79. The molecule has 0 radical (unpaired) electrons. The predicted octanol–water partition coefficient (Wildman–Crippen LogP) is 1.72. The first-order chi connectivity index (χ1) is 5.97. The molecule has 8 bridgehead atoms. The van der Waals surface area contributed by atoms with E-state index in [4.69, 9.17) is 0 Å². The maximum Gasteiger partial charge on any atom is 0.0794 e. The minimum absolute atomic E-state index is 0.714. The fourth-order valence-corrected chi connectivity index (χ4v) is 5.72. The Morgan fingerprint density at radius 1 is 0.667 bits per heavy atom. The molecule has 1 aliphatic heterocycles. The van der Waals surface area contributed by atoms with Crippen LogP contribution in [-0.4, -0.2) is 12.1 Å². The van der Waals surface area contributed by atoms with Gasteiger partial charge in [0.05, 0.1) is 12.1 Å². The van der Waals surface area contributed by atoms with Crippen molar-refractivity contribution in [2.75, 3.05) is 0 Å². The van der Waals surface area contributed by atoms with Crippen molar-refractivity contribution < 1.29 is 0 Å². The molecule has 5 fully saturated rings. The van der Waals surface area contributed by atoms with Crippen LogP contribution in [0.2, 0.25) is 0 Å². The van der Waals surface area contributed by atoms with Gasteiger partial charge in [-0.25, -0.2) is 0 Å². The van der Waals surface area contributed by atoms with Crippen LogP contribution in [0.1, 0.15) is 12.8 Å². The first-order valence-corrected chi connectivity index (χ1v) is 5.37. The fraction of sp³-hybridized carbons (Fsp3) is 1.00. The molecule has 2 heteroatoms. The topological polar surface area (TPSA) is 24.7 Å². The average Bonchev–Trinajstić information content (AvgIpc) is 2.84. The van der Waals surface area contributed by atoms with E-state index in [0.717, 1.165) is 35.5 Å². The second kappa shape index (κ2) is 1.28. The van der Waals surface area contributed by atoms with Crippen molar-refractivity contribution >= 4 is 0 Å². The average molecular weight is 160 g/mol. The summed E-state index contributed by atoms with van der Waals surface area (Å²) in [5.74, 6) is 6.26. The molecule has 0 spiro atoms. The molecule has 1 heterocycles. The van der Waals surface area contributed by atoms with Crippen LogP contribution in [0, 0.1) is 35.5 Å². The van der Waals surface area contributed by atoms with Gasteiger partial charge >= 0.3 is 0 Å². The van der Waals surface area contributed by atoms with Crippen molar-refractivity contribution in [3.8, 4) is 0 Å². The van der Waals surface area contributed by atoms with Crippen molar-refractivity contribution in [2.24, 2.45) is 45.7 Å². The fourth-order valence-electron chi connectivity index (χ4n) is 5.72. The summed E-state index contributed by atoms with van der Waals surface area (Å²) in [5.41, 5.74) is 0. The summed E-state index contributed by atoms with van der Waals surface area (Å²) in [6, 6.07) is 1.43. The van der Waals surface area contributed by atoms with Crippen LogP contribution in [-0.2, 0) is 0 Å². The van der Waals surface area contributed by atoms with Crippen molar-refractivity contribution in [3.63, 3.8) is 0 Å². The SMILES string of the molecule is C1C[C@@H]2C3C4[C@@H]5N=N[C@@H]4[C@H]2[C@H]5[C@H]13. The molecular weight excluding hydrogens is 148 g/mol. The maximum absolute atomic E-state index is 4.45. The highest BCUT2D eigenvalue weighted by Crippen LogP contribution is 2.77. The number of hydrogen-bond acceptors (Lipinski definition) is 2. The van der Waals surface area contributed by atoms with Crippen LogP contribution in [0.15, 0.2) is 10.2 Å². The van der Waals surface area contributed by atoms with Crippen molar-refractivity contribution in [1.29, 1.82) is 0 Å². The van der Waals surface area contributed by atoms with Crippen LogP contribution in [0.25, 0.3) is 0 Å². The van der Waals surface area contributed by atoms with Gasteiger partial charge in [0.1, 0.15) is 0 Å². The molecular formula is C10H12N2. The zero-order chi connectivity index (χ0) is 7.45. The molecule has 0 aromatic heterocycles. The van der Waals surface area contributed by atoms with Gasteiger partial charge in [-0.05, 0) is 42.4 Å². The van der Waals surface area contributed by atoms with Gasteiger partial charge in [-0.15, -0.1) is 0 Å². The Kier molecular flexibility index (Phi) is 0.572. The van der Waals surface area contributed by atoms with E-state index in [1.807, 2.05) is 0 Å². The molecule has 5 saturated carbocycles. The van der Waals surface area contributed by atoms with E-state index in [1.165, 1.54) is 12.8 Å². The first kappa shape index (κ1) is 5.36. The summed E-state index contributed by atoms with van der Waals surface area (Å²) in [4.78, 5) is 0. The second-order valence-electron chi connectivity index (χ2n) is 5.43. The van der Waals surface area contributed by atoms with Crippen LogP contribution in [0.3, 0.4) is 0 Å². The zero-order valence-electron chi connectivity index (χ0n) is 6.93. The molecule has 0 saturated heterocycles. The lowest BCUT2D eigenvalue weighted by Crippen LogP contribution is -2.29. The lowest BCUT2D eigenvalue weighted by molar-refractivity contribution is 0.209. The smallest absolute Gasteiger partial charge is 0.0794 e. The van der Waals surface area contributed by atoms with E-state index < -0.39 is 0 Å². The molecule has 0 aromatic rings. The van der Waals surface area contributed by atoms with E-state index in [-0.39, 0.29) is 0 Å². The Balaban J connectivity index is 1.85. The van der Waals surface area contributed by atoms with Crippen LogP contribution < -0.4 is 0 Å². The van der Waals surface area contributed by atoms with E-state index in [1.54, 1.807) is 0 Å². The zero-order valence-corrected chi connectivity index (χ0v) is 6.93. The Labute approximate surface area is 71.4 Å². The number of nitrogens with zero attached hydrogens (tertiary/aromatic N) is 2. The van der Waals surface area contributed by atoms with Crippen molar-refractivity contribution in [2.45, 2.75) is 24.9 Å². The van der Waals surface area contributed by atoms with E-state index >= 15 is 0 Å². The molecule has 6 rings (SSSR count). The third-order valence-corrected chi connectivity index (χ3v) is 5.61. The highest BCUT2D eigenvalue weighted by Gasteiger charge is 2.78. The Hall–Kier alpha value is -0.400. The highest BCUT2D eigenvalue weighted by atomic mass is 15.3. The standard InChI is InChI=1S/C10H12N2/c1-2-4-5-3(1)6-7(4)10-8(5)9(6)11-12-10/h3-10H,1-2H2/t3-,4-,5?,6-,7-,8?,9-,10-/m1/s1. The van der Waals surface area contributed by atoms with E-state index in [2.05, 4.69) is 10.2 Å². The van der Waals surface area contributed by atoms with Gasteiger partial charge in [0.15, 0.2) is 0 Å². The number of rotatable bonds is 0. The summed E-state index contributed by atoms with van der Waals surface area (Å²) < 4.78 is 0. The predicted molar refractivity (Wildman–Crippen MR) is 42.6 cm³/mol. The number of azo groups is 1. The van der Waals surface area contributed by atoms with Gasteiger partial charge in [0.25, 0.3) is 0 Å². The minimum Gasteiger partial charge on any atom is -0.190 e. The van der Waals surface area contributed by atoms with E-state index in [9.17, 15) is 0 Å². The number of hydrogen-bond donors (Lipinski definition) is 0. The largest absolute Gasteiger partial charge is 0.190 e. The molecule has 2 nitrogen and oxygen atoms in total. The summed E-state index contributed by atoms with van der Waals surface area (Å²) in [5, 5.41) is 8.91. The first-order valence-electron chi connectivity index (χ1n) is 5.37. The quantitative estimate of drug-likeness (QED) is 0.515. The molecule has 0 aromatic carbocycles. The van der Waals surface area contributed by atoms with Crippen LogP contribution in [0.4, 0.5) is 0 Å². The summed E-state index contributed by atoms with van der Waals surface area (Å²) in [6.45, 7) is 0. The van der Waals surface area contributed by atoms with Gasteiger partial charge in [-0.2, -0.15) is 10.2 Å². The van der Waals surface area contributed by atoms with Crippen molar-refractivity contribution in [3.05, 3.63) is 0 Å². The van der Waals surface area contributed by atoms with Gasteiger partial charge in [0, 0.05) is 5.92 Å². The normalized spacial score (nSPS) is 78.7. The maximum atomic E-state index is 4.45. The van der Waals surface area contributed by atoms with Gasteiger partial charge in [-0.3, -0.25) is 0 Å². The monoisotopic (exact) mass is 160 g/mol. The summed E-state index contributed by atoms with van der Waals surface area (Å²) in [7, 11) is 0. The highest BCUT2D eigenvalue weighted by molar-refractivity contribution is 5.28. The molecule has 62 valence electrons. The molecule has 6 atom stereocenters. The van der Waals surface area contributed by atoms with E-state index in [0.29, 0.717) is 12.1 Å². The molecule has 12 heavy (non-hydrogen) atoms. The molecule has 0 N–H and O–H groups in total. The second-order valence-corrected chi connectivity index (χ2v) is 5.43. The molecule has 6 aliphatic rings.